The molecule has 236 valence electrons. The molecule has 0 unspecified atom stereocenters. The molecule has 39 heavy (non-hydrogen) atoms. The van der Waals surface area contributed by atoms with Gasteiger partial charge in [0.05, 0.1) is 41.3 Å². The van der Waals surface area contributed by atoms with Gasteiger partial charge in [-0.15, -0.1) is 34.0 Å². The minimum absolute atomic E-state index is 0. The zero-order chi connectivity index (χ0) is 27.8. The van der Waals surface area contributed by atoms with Gasteiger partial charge >= 0.3 is 0 Å². The quantitative estimate of drug-likeness (QED) is 0.0602. The van der Waals surface area contributed by atoms with Crippen LogP contribution in [0.25, 0.3) is 0 Å². The molecule has 0 aliphatic carbocycles. The molecule has 0 fully saturated rings. The van der Waals surface area contributed by atoms with Crippen LogP contribution in [0.15, 0.2) is 0 Å². The van der Waals surface area contributed by atoms with Crippen molar-refractivity contribution in [3.05, 3.63) is 0 Å². The molecule has 0 atom stereocenters. The third-order valence-corrected chi connectivity index (χ3v) is 8.45. The summed E-state index contributed by atoms with van der Waals surface area (Å²) in [5.74, 6) is 3.00. The lowest BCUT2D eigenvalue weighted by Crippen LogP contribution is -2.46. The number of unbranched alkanes of at least 4 members (excludes halogenated alkanes) is 14. The third kappa shape index (κ3) is 31.3. The molecule has 0 bridgehead atoms. The van der Waals surface area contributed by atoms with Crippen LogP contribution in [0.3, 0.4) is 0 Å². The SMILES string of the molecule is Br.Br.CCCCCCCCCCC(=O)C[N+](C)(C)CCSCC[N+](C)(C)CC(=O)CCCCCCCCCC. The average molecular weight is 705 g/mol. The van der Waals surface area contributed by atoms with E-state index >= 15 is 0 Å². The van der Waals surface area contributed by atoms with E-state index in [0.717, 1.165) is 59.2 Å². The van der Waals surface area contributed by atoms with Gasteiger partial charge in [0.2, 0.25) is 0 Å². The molecule has 0 aliphatic heterocycles. The minimum atomic E-state index is 0. The highest BCUT2D eigenvalue weighted by atomic mass is 79.9. The lowest BCUT2D eigenvalue weighted by atomic mass is 10.1. The number of hydrogen-bond acceptors (Lipinski definition) is 3. The van der Waals surface area contributed by atoms with E-state index in [1.807, 2.05) is 11.8 Å². The lowest BCUT2D eigenvalue weighted by Gasteiger charge is -2.30. The molecule has 0 aromatic heterocycles. The zero-order valence-electron chi connectivity index (χ0n) is 26.9. The van der Waals surface area contributed by atoms with E-state index in [1.165, 1.54) is 89.9 Å². The summed E-state index contributed by atoms with van der Waals surface area (Å²) >= 11 is 1.97. The van der Waals surface area contributed by atoms with Crippen LogP contribution >= 0.6 is 45.7 Å². The minimum Gasteiger partial charge on any atom is -0.322 e. The van der Waals surface area contributed by atoms with Crippen molar-refractivity contribution in [2.24, 2.45) is 0 Å². The number of rotatable bonds is 28. The fourth-order valence-corrected chi connectivity index (χ4v) is 6.36. The fourth-order valence-electron chi connectivity index (χ4n) is 4.91. The summed E-state index contributed by atoms with van der Waals surface area (Å²) in [4.78, 5) is 24.9. The maximum Gasteiger partial charge on any atom is 0.186 e. The van der Waals surface area contributed by atoms with Gasteiger partial charge in [0.1, 0.15) is 13.1 Å². The first-order valence-electron chi connectivity index (χ1n) is 15.9. The fraction of sp³-hybridized carbons (Fsp3) is 0.938. The van der Waals surface area contributed by atoms with E-state index < -0.39 is 0 Å². The largest absolute Gasteiger partial charge is 0.322 e. The summed E-state index contributed by atoms with van der Waals surface area (Å²) in [7, 11) is 8.76. The Kier molecular flexibility index (Phi) is 32.4. The molecule has 4 nitrogen and oxygen atoms in total. The van der Waals surface area contributed by atoms with Crippen molar-refractivity contribution >= 4 is 57.3 Å². The number of thioether (sulfide) groups is 1. The number of halogens is 2. The van der Waals surface area contributed by atoms with Crippen molar-refractivity contribution in [1.29, 1.82) is 0 Å². The van der Waals surface area contributed by atoms with Crippen molar-refractivity contribution < 1.29 is 18.6 Å². The second kappa shape index (κ2) is 28.7. The molecule has 0 N–H and O–H groups in total. The Morgan fingerprint density at radius 1 is 0.487 bits per heavy atom. The Labute approximate surface area is 269 Å². The molecular formula is C32H68Br2N2O2S+2. The smallest absolute Gasteiger partial charge is 0.186 e. The standard InChI is InChI=1S/C32H66N2O2S.2BrH/c1-7-9-11-13-15-17-19-21-23-31(35)29-33(3,4)25-27-37-28-26-34(5,6)30-32(36)24-22-20-18-16-14-12-10-8-2;;/h7-30H2,1-6H3;2*1H/q+2;;. The number of Topliss-reactive ketones (excluding diaryl/α,β-unsaturated/α-hetero) is 2. The molecule has 0 heterocycles. The summed E-state index contributed by atoms with van der Waals surface area (Å²) in [6.07, 6.45) is 22.0. The van der Waals surface area contributed by atoms with E-state index in [0.29, 0.717) is 24.7 Å². The highest BCUT2D eigenvalue weighted by Crippen LogP contribution is 2.13. The van der Waals surface area contributed by atoms with Crippen LogP contribution < -0.4 is 0 Å². The molecule has 0 saturated heterocycles. The highest BCUT2D eigenvalue weighted by Gasteiger charge is 2.21. The van der Waals surface area contributed by atoms with Gasteiger partial charge in [-0.3, -0.25) is 9.59 Å². The first kappa shape index (κ1) is 44.0. The summed E-state index contributed by atoms with van der Waals surface area (Å²) in [6, 6.07) is 0. The Balaban J connectivity index is -0.00000648. The van der Waals surface area contributed by atoms with E-state index in [2.05, 4.69) is 42.0 Å². The third-order valence-electron chi connectivity index (χ3n) is 7.51. The summed E-state index contributed by atoms with van der Waals surface area (Å²) in [6.45, 7) is 7.89. The van der Waals surface area contributed by atoms with Gasteiger partial charge in [-0.05, 0) is 12.8 Å². The zero-order valence-corrected chi connectivity index (χ0v) is 31.1. The van der Waals surface area contributed by atoms with E-state index in [1.54, 1.807) is 0 Å². The van der Waals surface area contributed by atoms with Crippen LogP contribution in [0.5, 0.6) is 0 Å². The van der Waals surface area contributed by atoms with Gasteiger partial charge in [-0.2, -0.15) is 11.8 Å². The predicted molar refractivity (Wildman–Crippen MR) is 186 cm³/mol. The molecule has 0 rings (SSSR count). The number of carbonyl (C=O) groups is 2. The number of ketones is 2. The Hall–Kier alpha value is 0.570. The number of nitrogens with zero attached hydrogens (tertiary/aromatic N) is 2. The topological polar surface area (TPSA) is 34.1 Å². The molecule has 0 aliphatic rings. The maximum absolute atomic E-state index is 12.5. The first-order valence-corrected chi connectivity index (χ1v) is 17.0. The monoisotopic (exact) mass is 702 g/mol. The molecular weight excluding hydrogens is 636 g/mol. The predicted octanol–water partition coefficient (Wildman–Crippen LogP) is 9.23. The van der Waals surface area contributed by atoms with Crippen molar-refractivity contribution in [2.45, 2.75) is 129 Å². The number of carbonyl (C=O) groups excluding carboxylic acids is 2. The molecule has 0 saturated carbocycles. The van der Waals surface area contributed by atoms with Crippen LogP contribution in [0.2, 0.25) is 0 Å². The molecule has 0 aromatic rings. The Bertz CT molecular complexity index is 526. The van der Waals surface area contributed by atoms with Gasteiger partial charge in [0.25, 0.3) is 0 Å². The van der Waals surface area contributed by atoms with E-state index in [9.17, 15) is 9.59 Å². The van der Waals surface area contributed by atoms with Crippen molar-refractivity contribution in [2.75, 3.05) is 65.9 Å². The van der Waals surface area contributed by atoms with Gasteiger partial charge in [-0.1, -0.05) is 104 Å². The van der Waals surface area contributed by atoms with Crippen molar-refractivity contribution in [3.63, 3.8) is 0 Å². The van der Waals surface area contributed by atoms with E-state index in [4.69, 9.17) is 0 Å². The first-order chi connectivity index (χ1) is 17.6. The van der Waals surface area contributed by atoms with E-state index in [-0.39, 0.29) is 34.0 Å². The Morgan fingerprint density at radius 2 is 0.769 bits per heavy atom. The van der Waals surface area contributed by atoms with Crippen LogP contribution in [0.1, 0.15) is 129 Å². The van der Waals surface area contributed by atoms with Crippen molar-refractivity contribution in [3.8, 4) is 0 Å². The summed E-state index contributed by atoms with van der Waals surface area (Å²) in [5.41, 5.74) is 0. The highest BCUT2D eigenvalue weighted by molar-refractivity contribution is 8.93. The Morgan fingerprint density at radius 3 is 1.08 bits per heavy atom. The van der Waals surface area contributed by atoms with Crippen LogP contribution in [-0.2, 0) is 9.59 Å². The van der Waals surface area contributed by atoms with Gasteiger partial charge < -0.3 is 8.97 Å². The molecule has 0 aromatic carbocycles. The second-order valence-corrected chi connectivity index (χ2v) is 14.0. The average Bonchev–Trinajstić information content (AvgIpc) is 2.81. The van der Waals surface area contributed by atoms with Crippen LogP contribution in [0.4, 0.5) is 0 Å². The van der Waals surface area contributed by atoms with Gasteiger partial charge in [0, 0.05) is 24.3 Å². The number of likely N-dealkylation sites (N-methyl/N-ethyl adjacent to an activating group) is 2. The molecule has 0 spiro atoms. The maximum atomic E-state index is 12.5. The second-order valence-electron chi connectivity index (χ2n) is 12.8. The summed E-state index contributed by atoms with van der Waals surface area (Å²) in [5, 5.41) is 0. The molecule has 7 heteroatoms. The summed E-state index contributed by atoms with van der Waals surface area (Å²) < 4.78 is 1.58. The molecule has 0 amide bonds. The molecule has 0 radical (unpaired) electrons. The normalized spacial score (nSPS) is 11.6. The van der Waals surface area contributed by atoms with Crippen LogP contribution in [-0.4, -0.2) is 86.4 Å². The van der Waals surface area contributed by atoms with Gasteiger partial charge in [-0.25, -0.2) is 0 Å². The van der Waals surface area contributed by atoms with Crippen LogP contribution in [0, 0.1) is 0 Å². The van der Waals surface area contributed by atoms with Crippen molar-refractivity contribution in [1.82, 2.24) is 0 Å². The number of quaternary nitrogens is 2. The lowest BCUT2D eigenvalue weighted by molar-refractivity contribution is -0.880. The van der Waals surface area contributed by atoms with Gasteiger partial charge in [0.15, 0.2) is 11.6 Å². The number of hydrogen-bond donors (Lipinski definition) is 0.